The zero-order valence-electron chi connectivity index (χ0n) is 12.6. The lowest BCUT2D eigenvalue weighted by Crippen LogP contribution is -1.95. The van der Waals surface area contributed by atoms with Crippen LogP contribution in [0.15, 0.2) is 35.3 Å². The van der Waals surface area contributed by atoms with Crippen molar-refractivity contribution in [3.05, 3.63) is 52.0 Å². The number of rotatable bonds is 4. The molecular formula is C17H18ClNO2. The van der Waals surface area contributed by atoms with Crippen molar-refractivity contribution >= 4 is 23.5 Å². The van der Waals surface area contributed by atoms with Gasteiger partial charge in [-0.15, -0.1) is 0 Å². The molecule has 0 saturated heterocycles. The summed E-state index contributed by atoms with van der Waals surface area (Å²) in [4.78, 5) is 4.52. The third-order valence-electron chi connectivity index (χ3n) is 3.29. The molecule has 0 bridgehead atoms. The highest BCUT2D eigenvalue weighted by Gasteiger charge is 2.07. The molecule has 2 rings (SSSR count). The van der Waals surface area contributed by atoms with E-state index in [0.717, 1.165) is 22.4 Å². The Morgan fingerprint density at radius 3 is 2.29 bits per heavy atom. The van der Waals surface area contributed by atoms with Crippen molar-refractivity contribution in [1.29, 1.82) is 0 Å². The summed E-state index contributed by atoms with van der Waals surface area (Å²) in [6.45, 7) is 4.01. The van der Waals surface area contributed by atoms with Crippen molar-refractivity contribution < 1.29 is 9.47 Å². The molecule has 0 amide bonds. The number of hydrogen-bond donors (Lipinski definition) is 0. The van der Waals surface area contributed by atoms with E-state index in [4.69, 9.17) is 21.1 Å². The van der Waals surface area contributed by atoms with Crippen LogP contribution in [0.1, 0.15) is 16.7 Å². The lowest BCUT2D eigenvalue weighted by atomic mass is 10.1. The molecule has 21 heavy (non-hydrogen) atoms. The highest BCUT2D eigenvalue weighted by molar-refractivity contribution is 6.30. The van der Waals surface area contributed by atoms with Gasteiger partial charge in [0.15, 0.2) is 11.5 Å². The van der Waals surface area contributed by atoms with Gasteiger partial charge in [-0.3, -0.25) is 4.99 Å². The molecule has 0 saturated carbocycles. The first-order valence-electron chi connectivity index (χ1n) is 6.58. The molecule has 2 aromatic rings. The van der Waals surface area contributed by atoms with Gasteiger partial charge in [0.1, 0.15) is 0 Å². The second-order valence-corrected chi connectivity index (χ2v) is 5.19. The Bertz CT molecular complexity index is 681. The van der Waals surface area contributed by atoms with Gasteiger partial charge in [-0.2, -0.15) is 0 Å². The topological polar surface area (TPSA) is 30.8 Å². The Labute approximate surface area is 130 Å². The van der Waals surface area contributed by atoms with Crippen molar-refractivity contribution in [1.82, 2.24) is 0 Å². The Kier molecular flexibility index (Phi) is 4.86. The molecule has 2 aromatic carbocycles. The standard InChI is InChI=1S/C17H18ClNO2/c1-11-5-6-14(18)9-15(11)19-10-13-8-17(21-4)16(20-3)7-12(13)2/h5-10H,1-4H3. The zero-order chi connectivity index (χ0) is 15.4. The number of benzene rings is 2. The summed E-state index contributed by atoms with van der Waals surface area (Å²) in [7, 11) is 3.25. The molecule has 0 unspecified atom stereocenters. The minimum absolute atomic E-state index is 0.678. The summed E-state index contributed by atoms with van der Waals surface area (Å²) in [6.07, 6.45) is 1.82. The van der Waals surface area contributed by atoms with E-state index in [-0.39, 0.29) is 0 Å². The van der Waals surface area contributed by atoms with Crippen molar-refractivity contribution in [3.8, 4) is 11.5 Å². The SMILES string of the molecule is COc1cc(C)c(C=Nc2cc(Cl)ccc2C)cc1OC. The van der Waals surface area contributed by atoms with Gasteiger partial charge in [-0.05, 0) is 54.8 Å². The zero-order valence-corrected chi connectivity index (χ0v) is 13.4. The molecule has 3 nitrogen and oxygen atoms in total. The number of halogens is 1. The van der Waals surface area contributed by atoms with Crippen LogP contribution in [0.5, 0.6) is 11.5 Å². The first-order chi connectivity index (χ1) is 10.0. The average molecular weight is 304 g/mol. The van der Waals surface area contributed by atoms with E-state index >= 15 is 0 Å². The molecule has 0 aliphatic carbocycles. The summed E-state index contributed by atoms with van der Waals surface area (Å²) in [5.41, 5.74) is 3.98. The van der Waals surface area contributed by atoms with E-state index in [1.54, 1.807) is 14.2 Å². The van der Waals surface area contributed by atoms with Gasteiger partial charge in [0.05, 0.1) is 19.9 Å². The number of ether oxygens (including phenoxy) is 2. The molecular weight excluding hydrogens is 286 g/mol. The fraction of sp³-hybridized carbons (Fsp3) is 0.235. The molecule has 0 aliphatic heterocycles. The van der Waals surface area contributed by atoms with Crippen LogP contribution < -0.4 is 9.47 Å². The van der Waals surface area contributed by atoms with Crippen LogP contribution in [0.25, 0.3) is 0 Å². The van der Waals surface area contributed by atoms with Gasteiger partial charge < -0.3 is 9.47 Å². The van der Waals surface area contributed by atoms with E-state index in [0.29, 0.717) is 16.5 Å². The highest BCUT2D eigenvalue weighted by atomic mass is 35.5. The number of nitrogens with zero attached hydrogens (tertiary/aromatic N) is 1. The average Bonchev–Trinajstić information content (AvgIpc) is 2.48. The van der Waals surface area contributed by atoms with Crippen LogP contribution in [0.4, 0.5) is 5.69 Å². The summed E-state index contributed by atoms with van der Waals surface area (Å²) in [5, 5.41) is 0.678. The van der Waals surface area contributed by atoms with Gasteiger partial charge in [-0.25, -0.2) is 0 Å². The molecule has 0 atom stereocenters. The van der Waals surface area contributed by atoms with E-state index in [1.165, 1.54) is 0 Å². The summed E-state index contributed by atoms with van der Waals surface area (Å²) in [5.74, 6) is 1.40. The number of hydrogen-bond acceptors (Lipinski definition) is 3. The summed E-state index contributed by atoms with van der Waals surface area (Å²) >= 11 is 6.01. The maximum Gasteiger partial charge on any atom is 0.161 e. The number of methoxy groups -OCH3 is 2. The predicted molar refractivity (Wildman–Crippen MR) is 87.7 cm³/mol. The van der Waals surface area contributed by atoms with Gasteiger partial charge in [0, 0.05) is 11.2 Å². The molecule has 0 radical (unpaired) electrons. The molecule has 0 N–H and O–H groups in total. The van der Waals surface area contributed by atoms with Crippen molar-refractivity contribution in [2.45, 2.75) is 13.8 Å². The molecule has 0 spiro atoms. The number of aryl methyl sites for hydroxylation is 2. The minimum Gasteiger partial charge on any atom is -0.493 e. The van der Waals surface area contributed by atoms with Crippen molar-refractivity contribution in [2.75, 3.05) is 14.2 Å². The number of aliphatic imine (C=N–C) groups is 1. The first kappa shape index (κ1) is 15.4. The van der Waals surface area contributed by atoms with Crippen molar-refractivity contribution in [3.63, 3.8) is 0 Å². The lowest BCUT2D eigenvalue weighted by Gasteiger charge is -2.10. The second kappa shape index (κ2) is 6.64. The van der Waals surface area contributed by atoms with E-state index in [2.05, 4.69) is 4.99 Å². The highest BCUT2D eigenvalue weighted by Crippen LogP contribution is 2.30. The van der Waals surface area contributed by atoms with Gasteiger partial charge >= 0.3 is 0 Å². The molecule has 0 aliphatic rings. The molecule has 110 valence electrons. The third-order valence-corrected chi connectivity index (χ3v) is 3.52. The maximum atomic E-state index is 6.01. The largest absolute Gasteiger partial charge is 0.493 e. The van der Waals surface area contributed by atoms with Crippen LogP contribution >= 0.6 is 11.6 Å². The normalized spacial score (nSPS) is 10.9. The van der Waals surface area contributed by atoms with Crippen LogP contribution in [0.3, 0.4) is 0 Å². The van der Waals surface area contributed by atoms with Gasteiger partial charge in [-0.1, -0.05) is 17.7 Å². The second-order valence-electron chi connectivity index (χ2n) is 4.75. The Hall–Kier alpha value is -2.00. The molecule has 0 heterocycles. The van der Waals surface area contributed by atoms with Crippen LogP contribution in [0, 0.1) is 13.8 Å². The quantitative estimate of drug-likeness (QED) is 0.765. The van der Waals surface area contributed by atoms with E-state index in [1.807, 2.05) is 50.4 Å². The van der Waals surface area contributed by atoms with E-state index in [9.17, 15) is 0 Å². The fourth-order valence-corrected chi connectivity index (χ4v) is 2.16. The Balaban J connectivity index is 2.39. The molecule has 0 fully saturated rings. The van der Waals surface area contributed by atoms with Crippen LogP contribution in [-0.2, 0) is 0 Å². The smallest absolute Gasteiger partial charge is 0.161 e. The Morgan fingerprint density at radius 2 is 1.62 bits per heavy atom. The summed E-state index contributed by atoms with van der Waals surface area (Å²) in [6, 6.07) is 9.51. The van der Waals surface area contributed by atoms with Gasteiger partial charge in [0.25, 0.3) is 0 Å². The summed E-state index contributed by atoms with van der Waals surface area (Å²) < 4.78 is 10.6. The van der Waals surface area contributed by atoms with Crippen molar-refractivity contribution in [2.24, 2.45) is 4.99 Å². The van der Waals surface area contributed by atoms with Crippen LogP contribution in [0.2, 0.25) is 5.02 Å². The monoisotopic (exact) mass is 303 g/mol. The maximum absolute atomic E-state index is 6.01. The van der Waals surface area contributed by atoms with E-state index < -0.39 is 0 Å². The van der Waals surface area contributed by atoms with Crippen LogP contribution in [-0.4, -0.2) is 20.4 Å². The third kappa shape index (κ3) is 3.56. The molecule has 0 aromatic heterocycles. The predicted octanol–water partition coefficient (Wildman–Crippen LogP) is 4.72. The van der Waals surface area contributed by atoms with Gasteiger partial charge in [0.2, 0.25) is 0 Å². The Morgan fingerprint density at radius 1 is 0.952 bits per heavy atom. The minimum atomic E-state index is 0.678. The molecule has 4 heteroatoms. The first-order valence-corrected chi connectivity index (χ1v) is 6.95. The fourth-order valence-electron chi connectivity index (χ4n) is 2.00. The lowest BCUT2D eigenvalue weighted by molar-refractivity contribution is 0.354.